The van der Waals surface area contributed by atoms with Crippen molar-refractivity contribution >= 4 is 5.97 Å². The molecule has 0 aromatic carbocycles. The Hall–Kier alpha value is -0.612. The average Bonchev–Trinajstić information content (AvgIpc) is 1.69. The quantitative estimate of drug-likeness (QED) is 0.567. The van der Waals surface area contributed by atoms with E-state index in [0.29, 0.717) is 0 Å². The summed E-state index contributed by atoms with van der Waals surface area (Å²) in [5, 5.41) is 16.1. The second-order valence-electron chi connectivity index (χ2n) is 1.12. The van der Waals surface area contributed by atoms with Crippen molar-refractivity contribution in [3.05, 3.63) is 11.6 Å². The van der Waals surface area contributed by atoms with Crippen LogP contribution in [-0.4, -0.2) is 11.1 Å². The molecule has 0 aliphatic carbocycles. The molecule has 0 aliphatic heterocycles. The third kappa shape index (κ3) is 3.93. The Morgan fingerprint density at radius 3 is 2.22 bits per heavy atom. The van der Waals surface area contributed by atoms with Gasteiger partial charge < -0.3 is 5.11 Å². The molecular weight excluding hydrogens is 290 g/mol. The molecule has 0 saturated heterocycles. The molecule has 0 heterocycles. The standard InChI is InChI=1S/C5H5NO2.W/c1-2-4(3-6)5(7)8;/h2H,1H3,(H,7,8);/b4-2+;. The van der Waals surface area contributed by atoms with Crippen LogP contribution in [0.1, 0.15) is 6.92 Å². The molecule has 0 amide bonds. The van der Waals surface area contributed by atoms with E-state index in [0.717, 1.165) is 0 Å². The number of rotatable bonds is 1. The minimum absolute atomic E-state index is 0. The maximum absolute atomic E-state index is 9.87. The number of carboxylic acids is 1. The zero-order valence-electron chi connectivity index (χ0n) is 4.79. The third-order valence-corrected chi connectivity index (χ3v) is 0.640. The van der Waals surface area contributed by atoms with Crippen molar-refractivity contribution in [3.8, 4) is 6.07 Å². The average molecular weight is 295 g/mol. The molecule has 0 spiro atoms. The van der Waals surface area contributed by atoms with Crippen LogP contribution < -0.4 is 0 Å². The summed E-state index contributed by atoms with van der Waals surface area (Å²) in [4.78, 5) is 9.87. The summed E-state index contributed by atoms with van der Waals surface area (Å²) in [7, 11) is 0. The van der Waals surface area contributed by atoms with Crippen LogP contribution in [0.4, 0.5) is 0 Å². The first-order valence-corrected chi connectivity index (χ1v) is 2.02. The topological polar surface area (TPSA) is 61.1 Å². The van der Waals surface area contributed by atoms with Crippen molar-refractivity contribution < 1.29 is 31.0 Å². The Labute approximate surface area is 67.2 Å². The van der Waals surface area contributed by atoms with Crippen molar-refractivity contribution in [1.82, 2.24) is 0 Å². The molecule has 3 nitrogen and oxygen atoms in total. The third-order valence-electron chi connectivity index (χ3n) is 0.640. The van der Waals surface area contributed by atoms with Gasteiger partial charge in [0, 0.05) is 21.1 Å². The van der Waals surface area contributed by atoms with Crippen molar-refractivity contribution in [2.75, 3.05) is 0 Å². The van der Waals surface area contributed by atoms with Crippen molar-refractivity contribution in [1.29, 1.82) is 5.26 Å². The summed E-state index contributed by atoms with van der Waals surface area (Å²) in [5.41, 5.74) is -0.218. The fraction of sp³-hybridized carbons (Fsp3) is 0.200. The molecule has 0 aromatic rings. The molecule has 0 rings (SSSR count). The van der Waals surface area contributed by atoms with Gasteiger partial charge in [0.15, 0.2) is 0 Å². The van der Waals surface area contributed by atoms with Gasteiger partial charge in [0.2, 0.25) is 0 Å². The Morgan fingerprint density at radius 1 is 1.78 bits per heavy atom. The summed E-state index contributed by atoms with van der Waals surface area (Å²) in [6.07, 6.45) is 1.25. The molecule has 0 atom stereocenters. The Bertz CT molecular complexity index is 168. The molecule has 0 aliphatic rings. The molecule has 4 heteroatoms. The minimum Gasteiger partial charge on any atom is -0.477 e. The molecule has 0 fully saturated rings. The molecule has 48 valence electrons. The molecule has 0 saturated carbocycles. The Kier molecular flexibility index (Phi) is 6.89. The van der Waals surface area contributed by atoms with E-state index in [1.165, 1.54) is 19.1 Å². The van der Waals surface area contributed by atoms with Crippen molar-refractivity contribution in [3.63, 3.8) is 0 Å². The fourth-order valence-electron chi connectivity index (χ4n) is 0.236. The van der Waals surface area contributed by atoms with Gasteiger partial charge in [-0.2, -0.15) is 5.26 Å². The summed E-state index contributed by atoms with van der Waals surface area (Å²) in [6.45, 7) is 1.51. The van der Waals surface area contributed by atoms with Crippen LogP contribution in [0.5, 0.6) is 0 Å². The van der Waals surface area contributed by atoms with Gasteiger partial charge >= 0.3 is 5.97 Å². The zero-order chi connectivity index (χ0) is 6.57. The summed E-state index contributed by atoms with van der Waals surface area (Å²) in [6, 6.07) is 1.51. The van der Waals surface area contributed by atoms with Gasteiger partial charge in [0.25, 0.3) is 0 Å². The SMILES string of the molecule is C/C=C(\C#N)C(=O)O.[W]. The van der Waals surface area contributed by atoms with Crippen LogP contribution in [0.3, 0.4) is 0 Å². The number of carboxylic acid groups (broad SMARTS) is 1. The second kappa shape index (κ2) is 5.52. The van der Waals surface area contributed by atoms with Gasteiger partial charge in [-0.15, -0.1) is 0 Å². The van der Waals surface area contributed by atoms with Crippen LogP contribution in [0.25, 0.3) is 0 Å². The second-order valence-corrected chi connectivity index (χ2v) is 1.12. The van der Waals surface area contributed by atoms with Gasteiger partial charge in [-0.05, 0) is 6.92 Å². The van der Waals surface area contributed by atoms with E-state index >= 15 is 0 Å². The molecule has 0 aromatic heterocycles. The summed E-state index contributed by atoms with van der Waals surface area (Å²) in [5.74, 6) is -1.17. The zero-order valence-corrected chi connectivity index (χ0v) is 7.72. The van der Waals surface area contributed by atoms with Gasteiger partial charge in [-0.3, -0.25) is 0 Å². The van der Waals surface area contributed by atoms with E-state index in [1.54, 1.807) is 0 Å². The van der Waals surface area contributed by atoms with Crippen molar-refractivity contribution in [2.45, 2.75) is 6.92 Å². The van der Waals surface area contributed by atoms with Crippen molar-refractivity contribution in [2.24, 2.45) is 0 Å². The maximum Gasteiger partial charge on any atom is 0.346 e. The van der Waals surface area contributed by atoms with E-state index in [4.69, 9.17) is 10.4 Å². The largest absolute Gasteiger partial charge is 0.477 e. The molecule has 0 bridgehead atoms. The number of nitrogens with zero attached hydrogens (tertiary/aromatic N) is 1. The van der Waals surface area contributed by atoms with Crippen LogP contribution in [-0.2, 0) is 25.9 Å². The van der Waals surface area contributed by atoms with E-state index in [1.807, 2.05) is 0 Å². The molecule has 1 N–H and O–H groups in total. The van der Waals surface area contributed by atoms with Crippen LogP contribution in [0.15, 0.2) is 11.6 Å². The number of nitriles is 1. The summed E-state index contributed by atoms with van der Waals surface area (Å²) < 4.78 is 0. The Balaban J connectivity index is 0. The van der Waals surface area contributed by atoms with E-state index < -0.39 is 5.97 Å². The van der Waals surface area contributed by atoms with E-state index in [-0.39, 0.29) is 26.6 Å². The van der Waals surface area contributed by atoms with Gasteiger partial charge in [-0.1, -0.05) is 6.08 Å². The number of hydrogen-bond donors (Lipinski definition) is 1. The summed E-state index contributed by atoms with van der Waals surface area (Å²) >= 11 is 0. The van der Waals surface area contributed by atoms with Crippen LogP contribution in [0.2, 0.25) is 0 Å². The number of aliphatic carboxylic acids is 1. The first-order chi connectivity index (χ1) is 3.72. The number of allylic oxidation sites excluding steroid dienone is 1. The van der Waals surface area contributed by atoms with Gasteiger partial charge in [-0.25, -0.2) is 4.79 Å². The van der Waals surface area contributed by atoms with Crippen LogP contribution >= 0.6 is 0 Å². The smallest absolute Gasteiger partial charge is 0.346 e. The Morgan fingerprint density at radius 2 is 2.22 bits per heavy atom. The molecule has 9 heavy (non-hydrogen) atoms. The normalized spacial score (nSPS) is 9.11. The van der Waals surface area contributed by atoms with Gasteiger partial charge in [0.1, 0.15) is 11.6 Å². The van der Waals surface area contributed by atoms with Gasteiger partial charge in [0.05, 0.1) is 0 Å². The van der Waals surface area contributed by atoms with E-state index in [9.17, 15) is 4.79 Å². The predicted octanol–water partition coefficient (Wildman–Crippen LogP) is 0.538. The van der Waals surface area contributed by atoms with Crippen LogP contribution in [0, 0.1) is 11.3 Å². The van der Waals surface area contributed by atoms with E-state index in [2.05, 4.69) is 0 Å². The monoisotopic (exact) mass is 295 g/mol. The predicted molar refractivity (Wildman–Crippen MR) is 27.0 cm³/mol. The maximum atomic E-state index is 9.87. The molecular formula is C5H5NO2W. The first-order valence-electron chi connectivity index (χ1n) is 2.02. The number of carbonyl (C=O) groups is 1. The molecule has 0 unspecified atom stereocenters. The first kappa shape index (κ1) is 11.2. The fourth-order valence-corrected chi connectivity index (χ4v) is 0.236. The molecule has 0 radical (unpaired) electrons. The number of hydrogen-bond acceptors (Lipinski definition) is 2. The minimum atomic E-state index is -1.17.